The largest absolute Gasteiger partial charge is 0.496 e. The molecule has 1 heterocycles. The van der Waals surface area contributed by atoms with Crippen molar-refractivity contribution in [3.05, 3.63) is 53.1 Å². The SMILES string of the molecule is C#CC/C=C\C(=C)C1NCCc2cc(COC)c(OC)cc21. The number of hydrogen-bond acceptors (Lipinski definition) is 3. The minimum Gasteiger partial charge on any atom is -0.496 e. The van der Waals surface area contributed by atoms with Crippen LogP contribution in [-0.2, 0) is 17.8 Å². The number of hydrogen-bond donors (Lipinski definition) is 1. The minimum absolute atomic E-state index is 0.100. The van der Waals surface area contributed by atoms with Crippen LogP contribution in [0.5, 0.6) is 5.75 Å². The first-order valence-electron chi connectivity index (χ1n) is 7.42. The Bertz CT molecular complexity index is 611. The molecule has 0 saturated carbocycles. The molecule has 0 fully saturated rings. The zero-order valence-electron chi connectivity index (χ0n) is 13.3. The first-order valence-corrected chi connectivity index (χ1v) is 7.42. The first kappa shape index (κ1) is 16.4. The zero-order valence-corrected chi connectivity index (χ0v) is 13.3. The fourth-order valence-corrected chi connectivity index (χ4v) is 2.80. The highest BCUT2D eigenvalue weighted by molar-refractivity contribution is 5.48. The van der Waals surface area contributed by atoms with Gasteiger partial charge in [-0.15, -0.1) is 12.3 Å². The molecule has 1 unspecified atom stereocenters. The molecule has 1 N–H and O–H groups in total. The zero-order chi connectivity index (χ0) is 15.9. The van der Waals surface area contributed by atoms with Crippen molar-refractivity contribution >= 4 is 0 Å². The van der Waals surface area contributed by atoms with Crippen LogP contribution >= 0.6 is 0 Å². The number of allylic oxidation sites excluding steroid dienone is 1. The van der Waals surface area contributed by atoms with Crippen LogP contribution in [-0.4, -0.2) is 20.8 Å². The molecule has 3 nitrogen and oxygen atoms in total. The summed E-state index contributed by atoms with van der Waals surface area (Å²) >= 11 is 0. The van der Waals surface area contributed by atoms with E-state index in [4.69, 9.17) is 15.9 Å². The fraction of sp³-hybridized carbons (Fsp3) is 0.368. The predicted octanol–water partition coefficient (Wildman–Crippen LogP) is 3.16. The summed E-state index contributed by atoms with van der Waals surface area (Å²) in [4.78, 5) is 0. The molecular formula is C19H23NO2. The van der Waals surface area contributed by atoms with Gasteiger partial charge in [-0.2, -0.15) is 0 Å². The van der Waals surface area contributed by atoms with E-state index >= 15 is 0 Å². The number of rotatable bonds is 6. The van der Waals surface area contributed by atoms with E-state index in [0.717, 1.165) is 29.9 Å². The number of fused-ring (bicyclic) bond motifs is 1. The summed E-state index contributed by atoms with van der Waals surface area (Å²) in [5.41, 5.74) is 4.64. The molecule has 1 atom stereocenters. The molecule has 1 aromatic rings. The van der Waals surface area contributed by atoms with Crippen molar-refractivity contribution in [3.63, 3.8) is 0 Å². The summed E-state index contributed by atoms with van der Waals surface area (Å²) in [6, 6.07) is 4.38. The third-order valence-electron chi connectivity index (χ3n) is 3.83. The van der Waals surface area contributed by atoms with Crippen LogP contribution in [0.2, 0.25) is 0 Å². The van der Waals surface area contributed by atoms with E-state index in [1.807, 2.05) is 12.2 Å². The predicted molar refractivity (Wildman–Crippen MR) is 89.9 cm³/mol. The lowest BCUT2D eigenvalue weighted by Gasteiger charge is -2.29. The lowest BCUT2D eigenvalue weighted by molar-refractivity contribution is 0.181. The highest BCUT2D eigenvalue weighted by Crippen LogP contribution is 2.34. The molecule has 0 aromatic heterocycles. The smallest absolute Gasteiger partial charge is 0.124 e. The van der Waals surface area contributed by atoms with Crippen LogP contribution in [0.1, 0.15) is 29.2 Å². The lowest BCUT2D eigenvalue weighted by atomic mass is 9.88. The molecule has 0 aliphatic carbocycles. The van der Waals surface area contributed by atoms with Gasteiger partial charge in [-0.3, -0.25) is 0 Å². The van der Waals surface area contributed by atoms with Crippen LogP contribution < -0.4 is 10.1 Å². The van der Waals surface area contributed by atoms with Crippen molar-refractivity contribution in [1.82, 2.24) is 5.32 Å². The van der Waals surface area contributed by atoms with E-state index in [1.165, 1.54) is 11.1 Å². The highest BCUT2D eigenvalue weighted by atomic mass is 16.5. The Kier molecular flexibility index (Phi) is 5.83. The van der Waals surface area contributed by atoms with Crippen molar-refractivity contribution in [2.45, 2.75) is 25.5 Å². The van der Waals surface area contributed by atoms with Gasteiger partial charge >= 0.3 is 0 Å². The molecule has 3 heteroatoms. The van der Waals surface area contributed by atoms with Gasteiger partial charge in [0.05, 0.1) is 19.8 Å². The quantitative estimate of drug-likeness (QED) is 0.646. The number of nitrogens with one attached hydrogen (secondary N) is 1. The summed E-state index contributed by atoms with van der Waals surface area (Å²) in [5, 5.41) is 3.52. The fourth-order valence-electron chi connectivity index (χ4n) is 2.80. The van der Waals surface area contributed by atoms with Gasteiger partial charge in [0.25, 0.3) is 0 Å². The molecule has 2 rings (SSSR count). The topological polar surface area (TPSA) is 30.5 Å². The summed E-state index contributed by atoms with van der Waals surface area (Å²) in [5.74, 6) is 3.46. The third kappa shape index (κ3) is 3.59. The highest BCUT2D eigenvalue weighted by Gasteiger charge is 2.23. The second kappa shape index (κ2) is 7.84. The van der Waals surface area contributed by atoms with Crippen LogP contribution in [0.4, 0.5) is 0 Å². The molecule has 1 aliphatic rings. The minimum atomic E-state index is 0.100. The van der Waals surface area contributed by atoms with E-state index in [-0.39, 0.29) is 6.04 Å². The molecule has 116 valence electrons. The second-order valence-electron chi connectivity index (χ2n) is 5.32. The molecule has 1 aliphatic heterocycles. The van der Waals surface area contributed by atoms with E-state index in [9.17, 15) is 0 Å². The molecule has 22 heavy (non-hydrogen) atoms. The number of benzene rings is 1. The van der Waals surface area contributed by atoms with Crippen LogP contribution in [0.3, 0.4) is 0 Å². The monoisotopic (exact) mass is 297 g/mol. The average Bonchev–Trinajstić information content (AvgIpc) is 2.54. The van der Waals surface area contributed by atoms with Crippen molar-refractivity contribution in [2.75, 3.05) is 20.8 Å². The van der Waals surface area contributed by atoms with Crippen LogP contribution in [0, 0.1) is 12.3 Å². The van der Waals surface area contributed by atoms with Crippen molar-refractivity contribution in [1.29, 1.82) is 0 Å². The molecule has 0 spiro atoms. The van der Waals surface area contributed by atoms with Crippen molar-refractivity contribution in [3.8, 4) is 18.1 Å². The van der Waals surface area contributed by atoms with Gasteiger partial charge in [0.1, 0.15) is 5.75 Å². The average molecular weight is 297 g/mol. The van der Waals surface area contributed by atoms with E-state index in [1.54, 1.807) is 14.2 Å². The molecule has 0 saturated heterocycles. The van der Waals surface area contributed by atoms with Crippen LogP contribution in [0.15, 0.2) is 36.4 Å². The maximum absolute atomic E-state index is 5.51. The molecule has 0 bridgehead atoms. The van der Waals surface area contributed by atoms with Gasteiger partial charge in [-0.25, -0.2) is 0 Å². The van der Waals surface area contributed by atoms with E-state index in [2.05, 4.69) is 29.9 Å². The van der Waals surface area contributed by atoms with Crippen molar-refractivity contribution < 1.29 is 9.47 Å². The summed E-state index contributed by atoms with van der Waals surface area (Å²) in [6.45, 7) is 5.66. The summed E-state index contributed by atoms with van der Waals surface area (Å²) in [6.07, 6.45) is 10.9. The maximum Gasteiger partial charge on any atom is 0.124 e. The standard InChI is InChI=1S/C19H23NO2/c1-5-6-7-8-14(2)19-17-12-18(22-4)16(13-21-3)11-15(17)9-10-20-19/h1,7-8,11-12,19-20H,2,6,9-10,13H2,3-4H3/b8-7-. The van der Waals surface area contributed by atoms with Gasteiger partial charge in [-0.05, 0) is 35.3 Å². The Balaban J connectivity index is 2.33. The molecule has 0 radical (unpaired) electrons. The second-order valence-corrected chi connectivity index (χ2v) is 5.32. The number of terminal acetylenes is 1. The summed E-state index contributed by atoms with van der Waals surface area (Å²) < 4.78 is 10.8. The first-order chi connectivity index (χ1) is 10.7. The van der Waals surface area contributed by atoms with Gasteiger partial charge in [-0.1, -0.05) is 18.7 Å². The van der Waals surface area contributed by atoms with E-state index in [0.29, 0.717) is 13.0 Å². The normalized spacial score (nSPS) is 17.0. The Morgan fingerprint density at radius 2 is 2.32 bits per heavy atom. The van der Waals surface area contributed by atoms with Gasteiger partial charge < -0.3 is 14.8 Å². The number of ether oxygens (including phenoxy) is 2. The lowest BCUT2D eigenvalue weighted by Crippen LogP contribution is -2.30. The Hall–Kier alpha value is -2.02. The Morgan fingerprint density at radius 1 is 1.50 bits per heavy atom. The maximum atomic E-state index is 5.51. The van der Waals surface area contributed by atoms with Gasteiger partial charge in [0.2, 0.25) is 0 Å². The van der Waals surface area contributed by atoms with E-state index < -0.39 is 0 Å². The molecule has 1 aromatic carbocycles. The molecule has 0 amide bonds. The number of methoxy groups -OCH3 is 2. The van der Waals surface area contributed by atoms with Crippen LogP contribution in [0.25, 0.3) is 0 Å². The molecular weight excluding hydrogens is 274 g/mol. The Labute approximate surface area is 133 Å². The summed E-state index contributed by atoms with van der Waals surface area (Å²) in [7, 11) is 3.38. The van der Waals surface area contributed by atoms with Crippen molar-refractivity contribution in [2.24, 2.45) is 0 Å². The Morgan fingerprint density at radius 3 is 3.00 bits per heavy atom. The van der Waals surface area contributed by atoms with Gasteiger partial charge in [0, 0.05) is 25.6 Å². The third-order valence-corrected chi connectivity index (χ3v) is 3.83. The van der Waals surface area contributed by atoms with Gasteiger partial charge in [0.15, 0.2) is 0 Å².